The van der Waals surface area contributed by atoms with Crippen LogP contribution in [-0.2, 0) is 14.9 Å². The maximum atomic E-state index is 11.7. The lowest BCUT2D eigenvalue weighted by atomic mass is 10.1. The van der Waals surface area contributed by atoms with Gasteiger partial charge in [-0.3, -0.25) is 4.79 Å². The molecule has 0 radical (unpaired) electrons. The molecule has 0 atom stereocenters. The molecule has 1 aliphatic carbocycles. The van der Waals surface area contributed by atoms with E-state index >= 15 is 0 Å². The highest BCUT2D eigenvalue weighted by atomic mass is 35.5. The minimum atomic E-state index is -0.749. The first-order chi connectivity index (χ1) is 9.17. The molecule has 1 saturated carbocycles. The van der Waals surface area contributed by atoms with Crippen molar-refractivity contribution in [3.63, 3.8) is 0 Å². The van der Waals surface area contributed by atoms with Crippen LogP contribution in [0.25, 0.3) is 11.4 Å². The molecule has 0 aliphatic heterocycles. The number of nitrogens with zero attached hydrogens (tertiary/aromatic N) is 2. The predicted octanol–water partition coefficient (Wildman–Crippen LogP) is 2.59. The third kappa shape index (κ3) is 1.90. The Morgan fingerprint density at radius 3 is 2.79 bits per heavy atom. The van der Waals surface area contributed by atoms with Crippen LogP contribution in [0.5, 0.6) is 0 Å². The molecule has 1 aromatic heterocycles. The van der Waals surface area contributed by atoms with Gasteiger partial charge in [-0.25, -0.2) is 0 Å². The fourth-order valence-electron chi connectivity index (χ4n) is 2.00. The molecule has 1 aromatic carbocycles. The minimum absolute atomic E-state index is 0.300. The van der Waals surface area contributed by atoms with E-state index in [4.69, 9.17) is 20.9 Å². The lowest BCUT2D eigenvalue weighted by molar-refractivity contribution is -0.144. The van der Waals surface area contributed by atoms with Crippen LogP contribution in [0.15, 0.2) is 28.8 Å². The summed E-state index contributed by atoms with van der Waals surface area (Å²) in [5.74, 6) is 0.354. The Labute approximate surface area is 114 Å². The molecule has 98 valence electrons. The summed E-state index contributed by atoms with van der Waals surface area (Å²) >= 11 is 6.07. The summed E-state index contributed by atoms with van der Waals surface area (Å²) in [6.45, 7) is 0. The molecule has 2 aromatic rings. The van der Waals surface area contributed by atoms with E-state index in [0.29, 0.717) is 35.1 Å². The van der Waals surface area contributed by atoms with E-state index < -0.39 is 5.41 Å². The van der Waals surface area contributed by atoms with Crippen LogP contribution in [0.2, 0.25) is 5.02 Å². The molecule has 0 spiro atoms. The van der Waals surface area contributed by atoms with E-state index in [1.54, 1.807) is 12.1 Å². The number of ether oxygens (including phenoxy) is 1. The van der Waals surface area contributed by atoms with Crippen LogP contribution in [0.1, 0.15) is 18.7 Å². The number of halogens is 1. The molecule has 6 heteroatoms. The average Bonchev–Trinajstić information content (AvgIpc) is 3.10. The van der Waals surface area contributed by atoms with Crippen molar-refractivity contribution < 1.29 is 14.1 Å². The highest BCUT2D eigenvalue weighted by Crippen LogP contribution is 2.48. The number of carbonyl (C=O) groups is 1. The zero-order valence-electron chi connectivity index (χ0n) is 10.2. The number of esters is 1. The van der Waals surface area contributed by atoms with Gasteiger partial charge in [0.2, 0.25) is 11.7 Å². The lowest BCUT2D eigenvalue weighted by Gasteiger charge is -2.05. The highest BCUT2D eigenvalue weighted by molar-refractivity contribution is 6.33. The predicted molar refractivity (Wildman–Crippen MR) is 67.7 cm³/mol. The Morgan fingerprint density at radius 1 is 1.42 bits per heavy atom. The van der Waals surface area contributed by atoms with Gasteiger partial charge in [0, 0.05) is 5.56 Å². The Morgan fingerprint density at radius 2 is 2.16 bits per heavy atom. The smallest absolute Gasteiger partial charge is 0.321 e. The van der Waals surface area contributed by atoms with E-state index in [2.05, 4.69) is 10.1 Å². The van der Waals surface area contributed by atoms with Gasteiger partial charge >= 0.3 is 5.97 Å². The van der Waals surface area contributed by atoms with Crippen LogP contribution in [0.3, 0.4) is 0 Å². The van der Waals surface area contributed by atoms with E-state index in [1.165, 1.54) is 7.11 Å². The molecule has 0 unspecified atom stereocenters. The third-order valence-corrected chi connectivity index (χ3v) is 3.61. The first-order valence-electron chi connectivity index (χ1n) is 5.85. The Balaban J connectivity index is 1.97. The number of methoxy groups -OCH3 is 1. The summed E-state index contributed by atoms with van der Waals surface area (Å²) < 4.78 is 9.98. The summed E-state index contributed by atoms with van der Waals surface area (Å²) in [5.41, 5.74) is -0.0684. The standard InChI is InChI=1S/C13H11ClN2O3/c1-18-12(17)13(6-7-13)11-15-10(16-19-11)8-4-2-3-5-9(8)14/h2-5H,6-7H2,1H3. The van der Waals surface area contributed by atoms with Gasteiger partial charge in [-0.15, -0.1) is 0 Å². The number of carbonyl (C=O) groups excluding carboxylic acids is 1. The molecule has 0 N–H and O–H groups in total. The van der Waals surface area contributed by atoms with Gasteiger partial charge in [0.1, 0.15) is 5.41 Å². The Hall–Kier alpha value is -1.88. The second-order valence-corrected chi connectivity index (χ2v) is 4.88. The summed E-state index contributed by atoms with van der Waals surface area (Å²) in [4.78, 5) is 16.0. The average molecular weight is 279 g/mol. The molecule has 0 amide bonds. The maximum absolute atomic E-state index is 11.7. The fourth-order valence-corrected chi connectivity index (χ4v) is 2.22. The Kier molecular flexibility index (Phi) is 2.78. The molecular formula is C13H11ClN2O3. The van der Waals surface area contributed by atoms with Crippen molar-refractivity contribution in [3.8, 4) is 11.4 Å². The number of hydrogen-bond acceptors (Lipinski definition) is 5. The fraction of sp³-hybridized carbons (Fsp3) is 0.308. The molecule has 1 heterocycles. The second kappa shape index (κ2) is 4.35. The van der Waals surface area contributed by atoms with E-state index in [0.717, 1.165) is 0 Å². The zero-order valence-corrected chi connectivity index (χ0v) is 11.0. The van der Waals surface area contributed by atoms with Crippen LogP contribution in [0, 0.1) is 0 Å². The summed E-state index contributed by atoms with van der Waals surface area (Å²) in [6, 6.07) is 7.21. The first-order valence-corrected chi connectivity index (χ1v) is 6.23. The minimum Gasteiger partial charge on any atom is -0.468 e. The highest BCUT2D eigenvalue weighted by Gasteiger charge is 2.57. The largest absolute Gasteiger partial charge is 0.468 e. The number of hydrogen-bond donors (Lipinski definition) is 0. The van der Waals surface area contributed by atoms with Crippen molar-refractivity contribution in [2.45, 2.75) is 18.3 Å². The molecule has 5 nitrogen and oxygen atoms in total. The van der Waals surface area contributed by atoms with Crippen molar-refractivity contribution in [2.75, 3.05) is 7.11 Å². The molecular weight excluding hydrogens is 268 g/mol. The summed E-state index contributed by atoms with van der Waals surface area (Å²) in [6.07, 6.45) is 1.34. The second-order valence-electron chi connectivity index (χ2n) is 4.48. The maximum Gasteiger partial charge on any atom is 0.321 e. The van der Waals surface area contributed by atoms with E-state index in [9.17, 15) is 4.79 Å². The van der Waals surface area contributed by atoms with Crippen molar-refractivity contribution in [2.24, 2.45) is 0 Å². The lowest BCUT2D eigenvalue weighted by Crippen LogP contribution is -2.22. The number of benzene rings is 1. The van der Waals surface area contributed by atoms with Gasteiger partial charge in [0.05, 0.1) is 12.1 Å². The van der Waals surface area contributed by atoms with Gasteiger partial charge in [0.15, 0.2) is 0 Å². The van der Waals surface area contributed by atoms with Crippen molar-refractivity contribution >= 4 is 17.6 Å². The van der Waals surface area contributed by atoms with Crippen LogP contribution in [-0.4, -0.2) is 23.2 Å². The third-order valence-electron chi connectivity index (χ3n) is 3.28. The molecule has 1 aliphatic rings. The zero-order chi connectivity index (χ0) is 13.5. The molecule has 0 saturated heterocycles. The van der Waals surface area contributed by atoms with Gasteiger partial charge in [-0.1, -0.05) is 28.9 Å². The van der Waals surface area contributed by atoms with Gasteiger partial charge in [-0.05, 0) is 25.0 Å². The van der Waals surface area contributed by atoms with Gasteiger partial charge in [0.25, 0.3) is 0 Å². The first kappa shape index (κ1) is 12.2. The molecule has 0 bridgehead atoms. The Bertz CT molecular complexity index is 634. The van der Waals surface area contributed by atoms with Crippen molar-refractivity contribution in [1.82, 2.24) is 10.1 Å². The topological polar surface area (TPSA) is 65.2 Å². The molecule has 1 fully saturated rings. The van der Waals surface area contributed by atoms with Gasteiger partial charge in [-0.2, -0.15) is 4.98 Å². The van der Waals surface area contributed by atoms with Crippen molar-refractivity contribution in [3.05, 3.63) is 35.2 Å². The quantitative estimate of drug-likeness (QED) is 0.808. The summed E-state index contributed by atoms with van der Waals surface area (Å²) in [5, 5.41) is 4.43. The van der Waals surface area contributed by atoms with E-state index in [-0.39, 0.29) is 5.97 Å². The molecule has 3 rings (SSSR count). The van der Waals surface area contributed by atoms with Crippen molar-refractivity contribution in [1.29, 1.82) is 0 Å². The normalized spacial score (nSPS) is 16.1. The van der Waals surface area contributed by atoms with Crippen LogP contribution < -0.4 is 0 Å². The monoisotopic (exact) mass is 278 g/mol. The van der Waals surface area contributed by atoms with E-state index in [1.807, 2.05) is 12.1 Å². The number of rotatable bonds is 3. The SMILES string of the molecule is COC(=O)C1(c2nc(-c3ccccc3Cl)no2)CC1. The van der Waals surface area contributed by atoms with Gasteiger partial charge < -0.3 is 9.26 Å². The van der Waals surface area contributed by atoms with Crippen LogP contribution >= 0.6 is 11.6 Å². The van der Waals surface area contributed by atoms with Crippen LogP contribution in [0.4, 0.5) is 0 Å². The number of aromatic nitrogens is 2. The summed E-state index contributed by atoms with van der Waals surface area (Å²) in [7, 11) is 1.35. The molecule has 19 heavy (non-hydrogen) atoms.